The number of aryl methyl sites for hydroxylation is 1. The van der Waals surface area contributed by atoms with Crippen LogP contribution in [0.3, 0.4) is 0 Å². The average molecular weight is 354 g/mol. The first-order valence-electron chi connectivity index (χ1n) is 7.49. The summed E-state index contributed by atoms with van der Waals surface area (Å²) in [6.45, 7) is 4.53. The van der Waals surface area contributed by atoms with E-state index in [0.29, 0.717) is 48.5 Å². The summed E-state index contributed by atoms with van der Waals surface area (Å²) in [5, 5.41) is 5.11. The molecule has 23 heavy (non-hydrogen) atoms. The van der Waals surface area contributed by atoms with Gasteiger partial charge in [0.2, 0.25) is 10.9 Å². The first-order chi connectivity index (χ1) is 11.2. The smallest absolute Gasteiger partial charge is 0.275 e. The molecule has 2 aromatic heterocycles. The van der Waals surface area contributed by atoms with Crippen molar-refractivity contribution in [2.24, 2.45) is 0 Å². The topological polar surface area (TPSA) is 76.8 Å². The maximum atomic E-state index is 12.1. The SMILES string of the molecule is CCc1nn2c(=O)cc(CSCC(=O)N3CCOCC3)nc2s1. The summed E-state index contributed by atoms with van der Waals surface area (Å²) in [6.07, 6.45) is 0.783. The van der Waals surface area contributed by atoms with E-state index in [9.17, 15) is 9.59 Å². The van der Waals surface area contributed by atoms with E-state index >= 15 is 0 Å². The summed E-state index contributed by atoms with van der Waals surface area (Å²) in [7, 11) is 0. The molecule has 0 spiro atoms. The molecule has 0 saturated carbocycles. The van der Waals surface area contributed by atoms with E-state index in [1.165, 1.54) is 33.7 Å². The highest BCUT2D eigenvalue weighted by atomic mass is 32.2. The van der Waals surface area contributed by atoms with Gasteiger partial charge in [-0.3, -0.25) is 9.59 Å². The Labute approximate surface area is 141 Å². The molecule has 3 heterocycles. The van der Waals surface area contributed by atoms with Crippen molar-refractivity contribution in [2.75, 3.05) is 32.1 Å². The van der Waals surface area contributed by atoms with Gasteiger partial charge in [0, 0.05) is 24.9 Å². The molecule has 0 atom stereocenters. The molecule has 1 fully saturated rings. The van der Waals surface area contributed by atoms with Crippen LogP contribution in [0, 0.1) is 0 Å². The highest BCUT2D eigenvalue weighted by molar-refractivity contribution is 7.99. The van der Waals surface area contributed by atoms with Gasteiger partial charge in [0.1, 0.15) is 5.01 Å². The van der Waals surface area contributed by atoms with Gasteiger partial charge in [-0.05, 0) is 6.42 Å². The molecule has 1 aliphatic heterocycles. The highest BCUT2D eigenvalue weighted by Gasteiger charge is 2.16. The summed E-state index contributed by atoms with van der Waals surface area (Å²) in [6, 6.07) is 1.50. The Morgan fingerprint density at radius 1 is 1.43 bits per heavy atom. The molecule has 7 nitrogen and oxygen atoms in total. The van der Waals surface area contributed by atoms with E-state index in [4.69, 9.17) is 4.74 Å². The number of thioether (sulfide) groups is 1. The fourth-order valence-corrected chi connectivity index (χ4v) is 3.93. The van der Waals surface area contributed by atoms with E-state index in [-0.39, 0.29) is 11.5 Å². The number of fused-ring (bicyclic) bond motifs is 1. The predicted octanol–water partition coefficient (Wildman–Crippen LogP) is 0.805. The molecule has 124 valence electrons. The van der Waals surface area contributed by atoms with Crippen molar-refractivity contribution in [3.05, 3.63) is 27.1 Å². The lowest BCUT2D eigenvalue weighted by atomic mass is 10.4. The second-order valence-electron chi connectivity index (χ2n) is 5.12. The number of morpholine rings is 1. The number of hydrogen-bond acceptors (Lipinski definition) is 7. The third kappa shape index (κ3) is 3.91. The molecule has 0 N–H and O–H groups in total. The number of carbonyl (C=O) groups is 1. The number of hydrogen-bond donors (Lipinski definition) is 0. The summed E-state index contributed by atoms with van der Waals surface area (Å²) in [5.74, 6) is 1.05. The number of ether oxygens (including phenoxy) is 1. The van der Waals surface area contributed by atoms with Gasteiger partial charge in [0.15, 0.2) is 0 Å². The minimum atomic E-state index is -0.166. The molecule has 1 amide bonds. The molecule has 2 aromatic rings. The molecule has 0 bridgehead atoms. The minimum Gasteiger partial charge on any atom is -0.378 e. The monoisotopic (exact) mass is 354 g/mol. The lowest BCUT2D eigenvalue weighted by molar-refractivity contribution is -0.132. The Morgan fingerprint density at radius 3 is 2.96 bits per heavy atom. The zero-order valence-electron chi connectivity index (χ0n) is 12.9. The Bertz CT molecular complexity index is 752. The molecule has 3 rings (SSSR count). The van der Waals surface area contributed by atoms with Gasteiger partial charge in [-0.25, -0.2) is 4.98 Å². The maximum absolute atomic E-state index is 12.1. The van der Waals surface area contributed by atoms with Gasteiger partial charge in [0.05, 0.1) is 24.7 Å². The first kappa shape index (κ1) is 16.4. The number of carbonyl (C=O) groups excluding carboxylic acids is 1. The third-order valence-corrected chi connectivity index (χ3v) is 5.49. The van der Waals surface area contributed by atoms with E-state index in [0.717, 1.165) is 11.4 Å². The fraction of sp³-hybridized carbons (Fsp3) is 0.571. The molecule has 0 aromatic carbocycles. The standard InChI is InChI=1S/C14H18N4O3S2/c1-2-11-16-18-12(19)7-10(15-14(18)23-11)8-22-9-13(20)17-3-5-21-6-4-17/h7H,2-6,8-9H2,1H3. The van der Waals surface area contributed by atoms with Crippen molar-refractivity contribution < 1.29 is 9.53 Å². The van der Waals surface area contributed by atoms with Crippen LogP contribution in [0.25, 0.3) is 4.96 Å². The summed E-state index contributed by atoms with van der Waals surface area (Å²) < 4.78 is 6.58. The van der Waals surface area contributed by atoms with Gasteiger partial charge < -0.3 is 9.64 Å². The average Bonchev–Trinajstić information content (AvgIpc) is 2.99. The number of amides is 1. The molecule has 0 radical (unpaired) electrons. The van der Waals surface area contributed by atoms with Crippen LogP contribution in [0.2, 0.25) is 0 Å². The first-order valence-corrected chi connectivity index (χ1v) is 9.46. The van der Waals surface area contributed by atoms with Crippen LogP contribution in [0.1, 0.15) is 17.6 Å². The number of aromatic nitrogens is 3. The molecular weight excluding hydrogens is 336 g/mol. The Balaban J connectivity index is 1.60. The van der Waals surface area contributed by atoms with Gasteiger partial charge in [-0.15, -0.1) is 11.8 Å². The third-order valence-electron chi connectivity index (χ3n) is 3.48. The van der Waals surface area contributed by atoms with Crippen LogP contribution >= 0.6 is 23.1 Å². The van der Waals surface area contributed by atoms with E-state index < -0.39 is 0 Å². The maximum Gasteiger partial charge on any atom is 0.275 e. The molecule has 1 saturated heterocycles. The molecule has 0 aliphatic carbocycles. The highest BCUT2D eigenvalue weighted by Crippen LogP contribution is 2.15. The van der Waals surface area contributed by atoms with Crippen molar-refractivity contribution in [3.8, 4) is 0 Å². The predicted molar refractivity (Wildman–Crippen MR) is 90.1 cm³/mol. The van der Waals surface area contributed by atoms with E-state index in [2.05, 4.69) is 10.1 Å². The summed E-state index contributed by atoms with van der Waals surface area (Å²) in [5.41, 5.74) is 0.530. The van der Waals surface area contributed by atoms with Crippen LogP contribution in [0.15, 0.2) is 10.9 Å². The normalized spacial score (nSPS) is 15.3. The van der Waals surface area contributed by atoms with Crippen molar-refractivity contribution in [2.45, 2.75) is 19.1 Å². The van der Waals surface area contributed by atoms with Crippen molar-refractivity contribution in [3.63, 3.8) is 0 Å². The van der Waals surface area contributed by atoms with Crippen LogP contribution in [-0.4, -0.2) is 57.5 Å². The summed E-state index contributed by atoms with van der Waals surface area (Å²) in [4.78, 5) is 31.0. The van der Waals surface area contributed by atoms with Gasteiger partial charge in [-0.2, -0.15) is 9.61 Å². The van der Waals surface area contributed by atoms with Crippen LogP contribution in [0.5, 0.6) is 0 Å². The van der Waals surface area contributed by atoms with Crippen molar-refractivity contribution in [1.29, 1.82) is 0 Å². The molecule has 1 aliphatic rings. The second kappa shape index (κ2) is 7.41. The van der Waals surface area contributed by atoms with E-state index in [1.54, 1.807) is 0 Å². The van der Waals surface area contributed by atoms with E-state index in [1.807, 2.05) is 11.8 Å². The lowest BCUT2D eigenvalue weighted by Gasteiger charge is -2.26. The summed E-state index contributed by atoms with van der Waals surface area (Å²) >= 11 is 2.91. The zero-order valence-corrected chi connectivity index (χ0v) is 14.5. The quantitative estimate of drug-likeness (QED) is 0.791. The molecule has 0 unspecified atom stereocenters. The van der Waals surface area contributed by atoms with Gasteiger partial charge in [0.25, 0.3) is 5.56 Å². The molecule has 9 heteroatoms. The molecular formula is C14H18N4O3S2. The van der Waals surface area contributed by atoms with Crippen LogP contribution < -0.4 is 5.56 Å². The fourth-order valence-electron chi connectivity index (χ4n) is 2.26. The Hall–Kier alpha value is -1.45. The lowest BCUT2D eigenvalue weighted by Crippen LogP contribution is -2.41. The van der Waals surface area contributed by atoms with Crippen molar-refractivity contribution >= 4 is 34.0 Å². The zero-order chi connectivity index (χ0) is 16.2. The largest absolute Gasteiger partial charge is 0.378 e. The number of rotatable bonds is 5. The van der Waals surface area contributed by atoms with Crippen molar-refractivity contribution in [1.82, 2.24) is 19.5 Å². The van der Waals surface area contributed by atoms with Gasteiger partial charge >= 0.3 is 0 Å². The van der Waals surface area contributed by atoms with Gasteiger partial charge in [-0.1, -0.05) is 18.3 Å². The number of nitrogens with zero attached hydrogens (tertiary/aromatic N) is 4. The second-order valence-corrected chi connectivity index (χ2v) is 7.14. The van der Waals surface area contributed by atoms with Crippen LogP contribution in [0.4, 0.5) is 0 Å². The Morgan fingerprint density at radius 2 is 2.22 bits per heavy atom. The Kier molecular flexibility index (Phi) is 5.29. The minimum absolute atomic E-state index is 0.113. The van der Waals surface area contributed by atoms with Crippen LogP contribution in [-0.2, 0) is 21.7 Å².